The Kier molecular flexibility index (Phi) is 5.31. The Morgan fingerprint density at radius 2 is 1.81 bits per heavy atom. The summed E-state index contributed by atoms with van der Waals surface area (Å²) in [4.78, 5) is 39.1. The minimum absolute atomic E-state index is 0.0196. The lowest BCUT2D eigenvalue weighted by Gasteiger charge is -2.23. The van der Waals surface area contributed by atoms with Crippen molar-refractivity contribution in [2.75, 3.05) is 25.6 Å². The van der Waals surface area contributed by atoms with E-state index in [1.165, 1.54) is 31.4 Å². The van der Waals surface area contributed by atoms with Gasteiger partial charge in [-0.25, -0.2) is 4.79 Å². The number of methoxy groups -OCH3 is 1. The standard InChI is InChI=1S/C24H21NO7/c1-3-11-9-15(25-7-8-26)18-13(17(11)24(31)32-2)10-14-20(22(18)29)23(30)19-12(21(14)28)5-4-6-16(19)27/h4-6,9-10,25-27,29H,3,7-8H2,1-2H3. The number of phenolic OH excluding ortho intramolecular Hbond substituents is 2. The van der Waals surface area contributed by atoms with E-state index < -0.39 is 23.3 Å². The van der Waals surface area contributed by atoms with E-state index in [0.29, 0.717) is 17.7 Å². The second-order valence-corrected chi connectivity index (χ2v) is 7.38. The molecule has 1 aliphatic rings. The summed E-state index contributed by atoms with van der Waals surface area (Å²) < 4.78 is 4.95. The van der Waals surface area contributed by atoms with Crippen LogP contribution in [0.3, 0.4) is 0 Å². The van der Waals surface area contributed by atoms with Crippen molar-refractivity contribution in [2.45, 2.75) is 13.3 Å². The first-order valence-corrected chi connectivity index (χ1v) is 10.1. The molecule has 0 unspecified atom stereocenters. The summed E-state index contributed by atoms with van der Waals surface area (Å²) in [5, 5.41) is 34.1. The van der Waals surface area contributed by atoms with Crippen molar-refractivity contribution >= 4 is 34.0 Å². The van der Waals surface area contributed by atoms with Gasteiger partial charge in [-0.2, -0.15) is 0 Å². The Morgan fingerprint density at radius 1 is 1.06 bits per heavy atom. The summed E-state index contributed by atoms with van der Waals surface area (Å²) in [5.74, 6) is -2.74. The molecule has 3 aromatic rings. The van der Waals surface area contributed by atoms with Crippen molar-refractivity contribution in [1.82, 2.24) is 0 Å². The fourth-order valence-electron chi connectivity index (χ4n) is 4.23. The maximum absolute atomic E-state index is 13.2. The predicted molar refractivity (Wildman–Crippen MR) is 117 cm³/mol. The zero-order valence-electron chi connectivity index (χ0n) is 17.5. The zero-order valence-corrected chi connectivity index (χ0v) is 17.5. The highest BCUT2D eigenvalue weighted by molar-refractivity contribution is 6.32. The minimum atomic E-state index is -0.695. The van der Waals surface area contributed by atoms with Crippen LogP contribution in [0.5, 0.6) is 11.5 Å². The number of carbonyl (C=O) groups is 3. The number of anilines is 1. The van der Waals surface area contributed by atoms with Gasteiger partial charge in [0.15, 0.2) is 5.78 Å². The van der Waals surface area contributed by atoms with Gasteiger partial charge in [0.05, 0.1) is 30.4 Å². The third-order valence-corrected chi connectivity index (χ3v) is 5.66. The van der Waals surface area contributed by atoms with E-state index in [2.05, 4.69) is 5.32 Å². The molecule has 4 rings (SSSR count). The molecule has 0 saturated heterocycles. The van der Waals surface area contributed by atoms with Gasteiger partial charge in [0.1, 0.15) is 11.5 Å². The molecule has 32 heavy (non-hydrogen) atoms. The van der Waals surface area contributed by atoms with Gasteiger partial charge in [-0.15, -0.1) is 0 Å². The average molecular weight is 435 g/mol. The topological polar surface area (TPSA) is 133 Å². The Morgan fingerprint density at radius 3 is 2.47 bits per heavy atom. The molecular weight excluding hydrogens is 414 g/mol. The van der Waals surface area contributed by atoms with Crippen LogP contribution in [-0.2, 0) is 11.2 Å². The summed E-state index contributed by atoms with van der Waals surface area (Å²) in [6, 6.07) is 7.24. The molecule has 4 N–H and O–H groups in total. The third-order valence-electron chi connectivity index (χ3n) is 5.66. The first-order valence-electron chi connectivity index (χ1n) is 10.1. The van der Waals surface area contributed by atoms with Crippen LogP contribution in [0.1, 0.15) is 54.7 Å². The van der Waals surface area contributed by atoms with Gasteiger partial charge in [-0.05, 0) is 30.2 Å². The van der Waals surface area contributed by atoms with Gasteiger partial charge in [0, 0.05) is 34.1 Å². The highest BCUT2D eigenvalue weighted by Crippen LogP contribution is 2.44. The molecule has 0 aliphatic heterocycles. The van der Waals surface area contributed by atoms with E-state index in [4.69, 9.17) is 4.74 Å². The van der Waals surface area contributed by atoms with E-state index in [1.807, 2.05) is 6.92 Å². The van der Waals surface area contributed by atoms with E-state index in [-0.39, 0.29) is 57.5 Å². The Bertz CT molecular complexity index is 1310. The second kappa shape index (κ2) is 7.97. The number of hydrogen-bond donors (Lipinski definition) is 4. The van der Waals surface area contributed by atoms with Crippen LogP contribution >= 0.6 is 0 Å². The number of carbonyl (C=O) groups excluding carboxylic acids is 3. The lowest BCUT2D eigenvalue weighted by Crippen LogP contribution is -2.22. The number of aliphatic hydroxyl groups is 1. The quantitative estimate of drug-likeness (QED) is 0.352. The van der Waals surface area contributed by atoms with Crippen LogP contribution in [0.2, 0.25) is 0 Å². The molecule has 3 aromatic carbocycles. The summed E-state index contributed by atoms with van der Waals surface area (Å²) in [6.07, 6.45) is 0.454. The number of phenols is 2. The van der Waals surface area contributed by atoms with E-state index in [9.17, 15) is 29.7 Å². The zero-order chi connectivity index (χ0) is 23.2. The number of esters is 1. The number of ether oxygens (including phenoxy) is 1. The molecule has 164 valence electrons. The van der Waals surface area contributed by atoms with Gasteiger partial charge >= 0.3 is 5.97 Å². The molecule has 0 radical (unpaired) electrons. The fourth-order valence-corrected chi connectivity index (χ4v) is 4.23. The molecule has 0 atom stereocenters. The van der Waals surface area contributed by atoms with Crippen molar-refractivity contribution in [1.29, 1.82) is 0 Å². The number of hydrogen-bond acceptors (Lipinski definition) is 8. The number of ketones is 2. The van der Waals surface area contributed by atoms with Crippen molar-refractivity contribution in [3.63, 3.8) is 0 Å². The van der Waals surface area contributed by atoms with Gasteiger partial charge in [-0.3, -0.25) is 9.59 Å². The van der Waals surface area contributed by atoms with Gasteiger partial charge in [0.25, 0.3) is 0 Å². The molecule has 0 aromatic heterocycles. The largest absolute Gasteiger partial charge is 0.507 e. The lowest BCUT2D eigenvalue weighted by molar-refractivity contribution is 0.0601. The molecule has 8 heteroatoms. The van der Waals surface area contributed by atoms with Crippen molar-refractivity contribution < 1.29 is 34.4 Å². The van der Waals surface area contributed by atoms with Crippen LogP contribution in [0, 0.1) is 0 Å². The number of nitrogens with one attached hydrogen (secondary N) is 1. The smallest absolute Gasteiger partial charge is 0.338 e. The van der Waals surface area contributed by atoms with Crippen LogP contribution in [0.25, 0.3) is 10.8 Å². The summed E-state index contributed by atoms with van der Waals surface area (Å²) >= 11 is 0. The minimum Gasteiger partial charge on any atom is -0.507 e. The highest BCUT2D eigenvalue weighted by atomic mass is 16.5. The Labute approximate surface area is 183 Å². The Hall–Kier alpha value is -3.91. The average Bonchev–Trinajstić information content (AvgIpc) is 2.79. The van der Waals surface area contributed by atoms with Gasteiger partial charge in [0.2, 0.25) is 5.78 Å². The normalized spacial score (nSPS) is 12.5. The predicted octanol–water partition coefficient (Wildman–Crippen LogP) is 2.78. The highest BCUT2D eigenvalue weighted by Gasteiger charge is 2.36. The number of aliphatic hydroxyl groups excluding tert-OH is 1. The number of aromatic hydroxyl groups is 2. The van der Waals surface area contributed by atoms with E-state index >= 15 is 0 Å². The van der Waals surface area contributed by atoms with Crippen molar-refractivity contribution in [3.8, 4) is 11.5 Å². The molecule has 0 spiro atoms. The second-order valence-electron chi connectivity index (χ2n) is 7.38. The molecule has 0 heterocycles. The third kappa shape index (κ3) is 2.99. The molecule has 8 nitrogen and oxygen atoms in total. The summed E-state index contributed by atoms with van der Waals surface area (Å²) in [5.41, 5.74) is 0.709. The SMILES string of the molecule is CCc1cc(NCCO)c2c(O)c3c(cc2c1C(=O)OC)C(=O)c1cccc(O)c1C3=O. The molecule has 0 saturated carbocycles. The maximum Gasteiger partial charge on any atom is 0.338 e. The van der Waals surface area contributed by atoms with E-state index in [0.717, 1.165) is 0 Å². The first kappa shape index (κ1) is 21.3. The van der Waals surface area contributed by atoms with Gasteiger partial charge in [-0.1, -0.05) is 19.1 Å². The molecule has 0 fully saturated rings. The van der Waals surface area contributed by atoms with Crippen LogP contribution in [0.15, 0.2) is 30.3 Å². The first-order chi connectivity index (χ1) is 15.3. The van der Waals surface area contributed by atoms with Crippen molar-refractivity contribution in [3.05, 3.63) is 63.7 Å². The number of aryl methyl sites for hydroxylation is 1. The fraction of sp³-hybridized carbons (Fsp3) is 0.208. The van der Waals surface area contributed by atoms with Gasteiger partial charge < -0.3 is 25.4 Å². The lowest BCUT2D eigenvalue weighted by atomic mass is 9.80. The molecule has 0 bridgehead atoms. The number of rotatable bonds is 5. The summed E-state index contributed by atoms with van der Waals surface area (Å²) in [7, 11) is 1.23. The number of fused-ring (bicyclic) bond motifs is 3. The molecular formula is C24H21NO7. The Balaban J connectivity index is 2.15. The maximum atomic E-state index is 13.2. The van der Waals surface area contributed by atoms with Crippen LogP contribution < -0.4 is 5.32 Å². The monoisotopic (exact) mass is 435 g/mol. The molecule has 0 amide bonds. The van der Waals surface area contributed by atoms with Crippen LogP contribution in [-0.4, -0.2) is 53.1 Å². The molecule has 1 aliphatic carbocycles. The van der Waals surface area contributed by atoms with Crippen LogP contribution in [0.4, 0.5) is 5.69 Å². The number of benzene rings is 3. The van der Waals surface area contributed by atoms with Crippen molar-refractivity contribution in [2.24, 2.45) is 0 Å². The van der Waals surface area contributed by atoms with E-state index in [1.54, 1.807) is 6.07 Å². The summed E-state index contributed by atoms with van der Waals surface area (Å²) in [6.45, 7) is 1.81.